The molecule has 0 unspecified atom stereocenters. The molecule has 0 amide bonds. The molecular formula is C15H15N3O2S. The Morgan fingerprint density at radius 2 is 2.10 bits per heavy atom. The lowest BCUT2D eigenvalue weighted by molar-refractivity contribution is 0.601. The average Bonchev–Trinajstić information content (AvgIpc) is 2.48. The van der Waals surface area contributed by atoms with Gasteiger partial charge in [0.2, 0.25) is 0 Å². The number of benzene rings is 1. The van der Waals surface area contributed by atoms with E-state index in [1.807, 2.05) is 6.92 Å². The Bertz CT molecular complexity index is 788. The van der Waals surface area contributed by atoms with Gasteiger partial charge in [-0.05, 0) is 36.8 Å². The topological polar surface area (TPSA) is 85.1 Å². The first-order chi connectivity index (χ1) is 10.0. The molecule has 5 nitrogen and oxygen atoms in total. The van der Waals surface area contributed by atoms with Crippen molar-refractivity contribution >= 4 is 15.8 Å². The predicted octanol–water partition coefficient (Wildman–Crippen LogP) is 1.50. The van der Waals surface area contributed by atoms with Crippen molar-refractivity contribution in [1.82, 2.24) is 4.98 Å². The minimum absolute atomic E-state index is 0.133. The maximum atomic E-state index is 12.3. The monoisotopic (exact) mass is 301 g/mol. The van der Waals surface area contributed by atoms with E-state index >= 15 is 0 Å². The predicted molar refractivity (Wildman–Crippen MR) is 82.2 cm³/mol. The number of nitrogens with zero attached hydrogens (tertiary/aromatic N) is 1. The number of anilines is 1. The highest BCUT2D eigenvalue weighted by molar-refractivity contribution is 7.92. The number of aryl methyl sites for hydroxylation is 1. The van der Waals surface area contributed by atoms with E-state index in [1.165, 1.54) is 12.1 Å². The number of nitrogens with one attached hydrogen (secondary N) is 1. The second kappa shape index (κ2) is 6.39. The summed E-state index contributed by atoms with van der Waals surface area (Å²) in [7, 11) is -3.69. The molecule has 3 N–H and O–H groups in total. The van der Waals surface area contributed by atoms with Gasteiger partial charge in [0.15, 0.2) is 0 Å². The molecule has 1 aromatic heterocycles. The van der Waals surface area contributed by atoms with Gasteiger partial charge in [0.25, 0.3) is 10.0 Å². The van der Waals surface area contributed by atoms with Crippen molar-refractivity contribution in [3.05, 3.63) is 53.7 Å². The number of rotatable bonds is 3. The summed E-state index contributed by atoms with van der Waals surface area (Å²) in [4.78, 5) is 4.16. The maximum absolute atomic E-state index is 12.3. The lowest BCUT2D eigenvalue weighted by Gasteiger charge is -2.07. The fraction of sp³-hybridized carbons (Fsp3) is 0.133. The molecule has 0 aliphatic carbocycles. The zero-order valence-electron chi connectivity index (χ0n) is 11.5. The van der Waals surface area contributed by atoms with E-state index in [4.69, 9.17) is 5.73 Å². The van der Waals surface area contributed by atoms with Crippen LogP contribution in [-0.2, 0) is 10.0 Å². The van der Waals surface area contributed by atoms with Gasteiger partial charge in [0.05, 0.1) is 11.4 Å². The summed E-state index contributed by atoms with van der Waals surface area (Å²) in [5.41, 5.74) is 6.86. The van der Waals surface area contributed by atoms with E-state index < -0.39 is 10.0 Å². The van der Waals surface area contributed by atoms with E-state index in [9.17, 15) is 8.42 Å². The lowest BCUT2D eigenvalue weighted by atomic mass is 10.2. The summed E-state index contributed by atoms with van der Waals surface area (Å²) in [6.45, 7) is 2.10. The Labute approximate surface area is 124 Å². The van der Waals surface area contributed by atoms with Crippen molar-refractivity contribution in [2.45, 2.75) is 11.8 Å². The van der Waals surface area contributed by atoms with Gasteiger partial charge >= 0.3 is 0 Å². The molecule has 0 aliphatic rings. The van der Waals surface area contributed by atoms with Crippen molar-refractivity contribution in [3.8, 4) is 11.8 Å². The molecule has 0 saturated heterocycles. The van der Waals surface area contributed by atoms with Crippen molar-refractivity contribution in [1.29, 1.82) is 0 Å². The van der Waals surface area contributed by atoms with E-state index in [0.717, 1.165) is 5.56 Å². The Morgan fingerprint density at radius 1 is 1.29 bits per heavy atom. The standard InChI is InChI=1S/C15H15N3O2S/c1-12-7-8-15(17-11-12)18-21(19,20)14-6-2-4-13(10-14)5-3-9-16/h2,4,6-8,10-11H,9,16H2,1H3,(H,17,18). The van der Waals surface area contributed by atoms with E-state index in [0.29, 0.717) is 5.56 Å². The molecule has 21 heavy (non-hydrogen) atoms. The third-order valence-electron chi connectivity index (χ3n) is 2.63. The quantitative estimate of drug-likeness (QED) is 0.841. The third kappa shape index (κ3) is 4.05. The van der Waals surface area contributed by atoms with Crippen LogP contribution in [0.3, 0.4) is 0 Å². The lowest BCUT2D eigenvalue weighted by Crippen LogP contribution is -2.14. The maximum Gasteiger partial charge on any atom is 0.263 e. The molecule has 0 fully saturated rings. The summed E-state index contributed by atoms with van der Waals surface area (Å²) < 4.78 is 27.0. The van der Waals surface area contributed by atoms with Crippen LogP contribution in [0.25, 0.3) is 0 Å². The third-order valence-corrected chi connectivity index (χ3v) is 3.98. The second-order valence-corrected chi connectivity index (χ2v) is 6.04. The molecule has 0 saturated carbocycles. The molecule has 1 heterocycles. The first-order valence-electron chi connectivity index (χ1n) is 6.26. The van der Waals surface area contributed by atoms with Crippen LogP contribution in [0.1, 0.15) is 11.1 Å². The number of hydrogen-bond donors (Lipinski definition) is 2. The number of aromatic nitrogens is 1. The van der Waals surface area contributed by atoms with Crippen LogP contribution in [0, 0.1) is 18.8 Å². The average molecular weight is 301 g/mol. The number of sulfonamides is 1. The molecule has 0 aliphatic heterocycles. The van der Waals surface area contributed by atoms with E-state index in [2.05, 4.69) is 21.5 Å². The van der Waals surface area contributed by atoms with Crippen LogP contribution >= 0.6 is 0 Å². The van der Waals surface area contributed by atoms with Gasteiger partial charge in [-0.15, -0.1) is 0 Å². The van der Waals surface area contributed by atoms with Crippen LogP contribution in [0.5, 0.6) is 0 Å². The fourth-order valence-corrected chi connectivity index (χ4v) is 2.67. The SMILES string of the molecule is Cc1ccc(NS(=O)(=O)c2cccc(C#CCN)c2)nc1. The van der Waals surface area contributed by atoms with Crippen LogP contribution < -0.4 is 10.5 Å². The van der Waals surface area contributed by atoms with Gasteiger partial charge in [-0.2, -0.15) is 0 Å². The largest absolute Gasteiger partial charge is 0.320 e. The molecule has 6 heteroatoms. The molecule has 2 rings (SSSR count). The molecule has 108 valence electrons. The fourth-order valence-electron chi connectivity index (χ4n) is 1.62. The van der Waals surface area contributed by atoms with Gasteiger partial charge in [-0.25, -0.2) is 13.4 Å². The highest BCUT2D eigenvalue weighted by Crippen LogP contribution is 2.15. The zero-order chi connectivity index (χ0) is 15.3. The van der Waals surface area contributed by atoms with E-state index in [-0.39, 0.29) is 17.3 Å². The zero-order valence-corrected chi connectivity index (χ0v) is 12.3. The molecule has 0 atom stereocenters. The molecular weight excluding hydrogens is 286 g/mol. The summed E-state index contributed by atoms with van der Waals surface area (Å²) in [6.07, 6.45) is 1.60. The minimum atomic E-state index is -3.69. The van der Waals surface area contributed by atoms with Gasteiger partial charge in [-0.1, -0.05) is 24.0 Å². The highest BCUT2D eigenvalue weighted by Gasteiger charge is 2.14. The summed E-state index contributed by atoms with van der Waals surface area (Å²) in [5.74, 6) is 5.77. The smallest absolute Gasteiger partial charge is 0.263 e. The minimum Gasteiger partial charge on any atom is -0.320 e. The van der Waals surface area contributed by atoms with Gasteiger partial charge < -0.3 is 5.73 Å². The first kappa shape index (κ1) is 15.0. The Kier molecular flexibility index (Phi) is 4.58. The van der Waals surface area contributed by atoms with Crippen LogP contribution in [0.2, 0.25) is 0 Å². The number of pyridine rings is 1. The van der Waals surface area contributed by atoms with Crippen molar-refractivity contribution in [3.63, 3.8) is 0 Å². The molecule has 1 aromatic carbocycles. The highest BCUT2D eigenvalue weighted by atomic mass is 32.2. The normalized spacial score (nSPS) is 10.6. The van der Waals surface area contributed by atoms with Gasteiger partial charge in [0, 0.05) is 11.8 Å². The molecule has 0 radical (unpaired) electrons. The van der Waals surface area contributed by atoms with Crippen LogP contribution in [0.15, 0.2) is 47.5 Å². The Balaban J connectivity index is 2.29. The second-order valence-electron chi connectivity index (χ2n) is 4.36. The van der Waals surface area contributed by atoms with Crippen LogP contribution in [-0.4, -0.2) is 19.9 Å². The Hall–Kier alpha value is -2.36. The summed E-state index contributed by atoms with van der Waals surface area (Å²) >= 11 is 0. The first-order valence-corrected chi connectivity index (χ1v) is 7.74. The Morgan fingerprint density at radius 3 is 2.76 bits per heavy atom. The molecule has 2 aromatic rings. The molecule has 0 bridgehead atoms. The van der Waals surface area contributed by atoms with Gasteiger partial charge in [0.1, 0.15) is 5.82 Å². The van der Waals surface area contributed by atoms with Crippen molar-refractivity contribution < 1.29 is 8.42 Å². The van der Waals surface area contributed by atoms with E-state index in [1.54, 1.807) is 30.5 Å². The van der Waals surface area contributed by atoms with Crippen molar-refractivity contribution in [2.24, 2.45) is 5.73 Å². The summed E-state index contributed by atoms with van der Waals surface area (Å²) in [5, 5.41) is 0. The summed E-state index contributed by atoms with van der Waals surface area (Å²) in [6, 6.07) is 9.77. The van der Waals surface area contributed by atoms with Crippen molar-refractivity contribution in [2.75, 3.05) is 11.3 Å². The number of hydrogen-bond acceptors (Lipinski definition) is 4. The van der Waals surface area contributed by atoms with Crippen LogP contribution in [0.4, 0.5) is 5.82 Å². The molecule has 0 spiro atoms. The van der Waals surface area contributed by atoms with Gasteiger partial charge in [-0.3, -0.25) is 4.72 Å². The number of nitrogens with two attached hydrogens (primary N) is 1.